The maximum absolute atomic E-state index is 12.4. The van der Waals surface area contributed by atoms with Gasteiger partial charge in [-0.15, -0.1) is 22.9 Å². The molecular weight excluding hydrogens is 378 g/mol. The summed E-state index contributed by atoms with van der Waals surface area (Å²) < 4.78 is 10.3. The predicted octanol–water partition coefficient (Wildman–Crippen LogP) is 3.77. The number of amides is 1. The number of nitrogens with one attached hydrogen (secondary N) is 1. The molecule has 8 heteroatoms. The van der Waals surface area contributed by atoms with E-state index in [0.717, 1.165) is 16.9 Å². The van der Waals surface area contributed by atoms with E-state index in [0.29, 0.717) is 5.56 Å². The Balaban J connectivity index is 2.26. The summed E-state index contributed by atoms with van der Waals surface area (Å²) in [6.45, 7) is 3.56. The number of carbonyl (C=O) groups is 3. The molecule has 1 heterocycles. The van der Waals surface area contributed by atoms with Crippen LogP contribution in [0.25, 0.3) is 0 Å². The van der Waals surface area contributed by atoms with Gasteiger partial charge in [0.1, 0.15) is 22.4 Å². The van der Waals surface area contributed by atoms with E-state index in [-0.39, 0.29) is 34.5 Å². The van der Waals surface area contributed by atoms with E-state index in [1.54, 1.807) is 13.8 Å². The molecule has 0 fully saturated rings. The Labute approximate surface area is 160 Å². The molecule has 0 spiro atoms. The van der Waals surface area contributed by atoms with Crippen LogP contribution in [0.15, 0.2) is 30.3 Å². The Hall–Kier alpha value is -2.38. The summed E-state index contributed by atoms with van der Waals surface area (Å²) in [4.78, 5) is 36.5. The second-order valence-electron chi connectivity index (χ2n) is 5.22. The molecule has 138 valence electrons. The minimum Gasteiger partial charge on any atom is -0.462 e. The number of esters is 2. The highest BCUT2D eigenvalue weighted by Gasteiger charge is 2.27. The van der Waals surface area contributed by atoms with Crippen LogP contribution in [0.3, 0.4) is 0 Å². The van der Waals surface area contributed by atoms with Gasteiger partial charge in [0.25, 0.3) is 0 Å². The van der Waals surface area contributed by atoms with Crippen molar-refractivity contribution < 1.29 is 23.9 Å². The maximum Gasteiger partial charge on any atom is 0.349 e. The summed E-state index contributed by atoms with van der Waals surface area (Å²) in [6.07, 6.45) is 0. The third-order valence-corrected chi connectivity index (χ3v) is 4.83. The Bertz CT molecular complexity index is 803. The summed E-state index contributed by atoms with van der Waals surface area (Å²) in [6, 6.07) is 9.23. The van der Waals surface area contributed by atoms with Crippen molar-refractivity contribution in [1.82, 2.24) is 0 Å². The van der Waals surface area contributed by atoms with Crippen LogP contribution in [0.4, 0.5) is 5.00 Å². The van der Waals surface area contributed by atoms with Crippen LogP contribution in [0.1, 0.15) is 38.1 Å². The molecule has 1 aromatic carbocycles. The van der Waals surface area contributed by atoms with Gasteiger partial charge in [0.2, 0.25) is 5.91 Å². The van der Waals surface area contributed by atoms with Gasteiger partial charge in [-0.2, -0.15) is 0 Å². The Morgan fingerprint density at radius 3 is 2.42 bits per heavy atom. The van der Waals surface area contributed by atoms with E-state index in [2.05, 4.69) is 5.32 Å². The lowest BCUT2D eigenvalue weighted by Gasteiger charge is -2.06. The van der Waals surface area contributed by atoms with Crippen molar-refractivity contribution in [2.24, 2.45) is 0 Å². The van der Waals surface area contributed by atoms with Crippen molar-refractivity contribution in [3.05, 3.63) is 51.9 Å². The molecule has 0 aliphatic heterocycles. The third-order valence-electron chi connectivity index (χ3n) is 3.40. The molecular formula is C18H18ClNO5S. The molecule has 1 amide bonds. The number of anilines is 1. The highest BCUT2D eigenvalue weighted by atomic mass is 35.5. The molecule has 26 heavy (non-hydrogen) atoms. The zero-order valence-corrected chi connectivity index (χ0v) is 15.9. The van der Waals surface area contributed by atoms with Crippen LogP contribution < -0.4 is 5.32 Å². The predicted molar refractivity (Wildman–Crippen MR) is 99.9 cm³/mol. The van der Waals surface area contributed by atoms with Crippen molar-refractivity contribution in [2.45, 2.75) is 20.5 Å². The Kier molecular flexibility index (Phi) is 7.17. The van der Waals surface area contributed by atoms with E-state index >= 15 is 0 Å². The standard InChI is InChI=1S/C18H18ClNO5S/c1-3-24-17(22)14-11(2)15(26-16(14)20-13(21)9-19)18(23)25-10-12-7-5-4-6-8-12/h4-8H,3,9-10H2,1-2H3,(H,20,21). The van der Waals surface area contributed by atoms with Crippen LogP contribution in [0, 0.1) is 6.92 Å². The number of hydrogen-bond donors (Lipinski definition) is 1. The molecule has 0 bridgehead atoms. The molecule has 2 aromatic rings. The maximum atomic E-state index is 12.4. The number of benzene rings is 1. The summed E-state index contributed by atoms with van der Waals surface area (Å²) in [5, 5.41) is 2.75. The molecule has 0 atom stereocenters. The summed E-state index contributed by atoms with van der Waals surface area (Å²) >= 11 is 6.47. The molecule has 0 unspecified atom stereocenters. The molecule has 1 aromatic heterocycles. The van der Waals surface area contributed by atoms with Crippen molar-refractivity contribution in [2.75, 3.05) is 17.8 Å². The first-order valence-electron chi connectivity index (χ1n) is 7.85. The largest absolute Gasteiger partial charge is 0.462 e. The molecule has 2 rings (SSSR count). The highest BCUT2D eigenvalue weighted by Crippen LogP contribution is 2.34. The van der Waals surface area contributed by atoms with E-state index in [9.17, 15) is 14.4 Å². The summed E-state index contributed by atoms with van der Waals surface area (Å²) in [7, 11) is 0. The van der Waals surface area contributed by atoms with E-state index in [4.69, 9.17) is 21.1 Å². The summed E-state index contributed by atoms with van der Waals surface area (Å²) in [5.74, 6) is -1.95. The fraction of sp³-hybridized carbons (Fsp3) is 0.278. The molecule has 0 saturated heterocycles. The quantitative estimate of drug-likeness (QED) is 0.570. The lowest BCUT2D eigenvalue weighted by atomic mass is 10.1. The van der Waals surface area contributed by atoms with Crippen LogP contribution in [-0.2, 0) is 20.9 Å². The van der Waals surface area contributed by atoms with Gasteiger partial charge in [-0.3, -0.25) is 4.79 Å². The molecule has 0 aliphatic rings. The Morgan fingerprint density at radius 1 is 1.12 bits per heavy atom. The first kappa shape index (κ1) is 19.9. The number of alkyl halides is 1. The topological polar surface area (TPSA) is 81.7 Å². The number of hydrogen-bond acceptors (Lipinski definition) is 6. The van der Waals surface area contributed by atoms with Crippen LogP contribution in [-0.4, -0.2) is 30.3 Å². The van der Waals surface area contributed by atoms with E-state index in [1.165, 1.54) is 0 Å². The average Bonchev–Trinajstić information content (AvgIpc) is 2.96. The van der Waals surface area contributed by atoms with Crippen molar-refractivity contribution in [3.63, 3.8) is 0 Å². The smallest absolute Gasteiger partial charge is 0.349 e. The van der Waals surface area contributed by atoms with Crippen LogP contribution in [0.2, 0.25) is 0 Å². The van der Waals surface area contributed by atoms with Gasteiger partial charge in [-0.1, -0.05) is 30.3 Å². The second-order valence-corrected chi connectivity index (χ2v) is 6.51. The number of halogens is 1. The van der Waals surface area contributed by atoms with Crippen LogP contribution in [0.5, 0.6) is 0 Å². The van der Waals surface area contributed by atoms with Crippen LogP contribution >= 0.6 is 22.9 Å². The van der Waals surface area contributed by atoms with Gasteiger partial charge >= 0.3 is 11.9 Å². The van der Waals surface area contributed by atoms with E-state index < -0.39 is 17.8 Å². The molecule has 0 saturated carbocycles. The van der Waals surface area contributed by atoms with Gasteiger partial charge in [0.15, 0.2) is 0 Å². The lowest BCUT2D eigenvalue weighted by molar-refractivity contribution is -0.113. The number of ether oxygens (including phenoxy) is 2. The first-order valence-corrected chi connectivity index (χ1v) is 9.20. The Morgan fingerprint density at radius 2 is 1.81 bits per heavy atom. The number of rotatable bonds is 7. The van der Waals surface area contributed by atoms with Gasteiger partial charge < -0.3 is 14.8 Å². The fourth-order valence-corrected chi connectivity index (χ4v) is 3.37. The number of carbonyl (C=O) groups excluding carboxylic acids is 3. The normalized spacial score (nSPS) is 10.3. The second kappa shape index (κ2) is 9.35. The van der Waals surface area contributed by atoms with Crippen molar-refractivity contribution >= 4 is 45.8 Å². The summed E-state index contributed by atoms with van der Waals surface area (Å²) in [5.41, 5.74) is 1.38. The average molecular weight is 396 g/mol. The zero-order chi connectivity index (χ0) is 19.1. The minimum absolute atomic E-state index is 0.106. The van der Waals surface area contributed by atoms with Crippen molar-refractivity contribution in [3.8, 4) is 0 Å². The minimum atomic E-state index is -0.617. The fourth-order valence-electron chi connectivity index (χ4n) is 2.19. The molecule has 1 N–H and O–H groups in total. The highest BCUT2D eigenvalue weighted by molar-refractivity contribution is 7.18. The van der Waals surface area contributed by atoms with Gasteiger partial charge in [0.05, 0.1) is 12.2 Å². The van der Waals surface area contributed by atoms with Gasteiger partial charge in [0, 0.05) is 0 Å². The van der Waals surface area contributed by atoms with Gasteiger partial charge in [-0.05, 0) is 25.0 Å². The van der Waals surface area contributed by atoms with Gasteiger partial charge in [-0.25, -0.2) is 9.59 Å². The molecule has 0 radical (unpaired) electrons. The third kappa shape index (κ3) is 4.83. The number of thiophene rings is 1. The first-order chi connectivity index (χ1) is 12.5. The molecule has 6 nitrogen and oxygen atoms in total. The van der Waals surface area contributed by atoms with Crippen molar-refractivity contribution in [1.29, 1.82) is 0 Å². The van der Waals surface area contributed by atoms with E-state index in [1.807, 2.05) is 30.3 Å². The molecule has 0 aliphatic carbocycles. The monoisotopic (exact) mass is 395 g/mol. The lowest BCUT2D eigenvalue weighted by Crippen LogP contribution is -2.15. The zero-order valence-electron chi connectivity index (χ0n) is 14.3. The SMILES string of the molecule is CCOC(=O)c1c(NC(=O)CCl)sc(C(=O)OCc2ccccc2)c1C.